The highest BCUT2D eigenvalue weighted by molar-refractivity contribution is 7.18. The van der Waals surface area contributed by atoms with E-state index in [2.05, 4.69) is 20.4 Å². The van der Waals surface area contributed by atoms with Crippen LogP contribution in [-0.4, -0.2) is 59.6 Å². The Morgan fingerprint density at radius 1 is 1.28 bits per heavy atom. The number of likely N-dealkylation sites (N-methyl/N-ethyl adjacent to an activating group) is 1. The van der Waals surface area contributed by atoms with Crippen molar-refractivity contribution in [2.45, 2.75) is 25.4 Å². The van der Waals surface area contributed by atoms with Gasteiger partial charge in [0.15, 0.2) is 0 Å². The van der Waals surface area contributed by atoms with Crippen molar-refractivity contribution in [2.24, 2.45) is 0 Å². The van der Waals surface area contributed by atoms with Crippen molar-refractivity contribution < 1.29 is 23.5 Å². The number of carbonyl (C=O) groups is 3. The molecule has 0 radical (unpaired) electrons. The number of halogens is 1. The quantitative estimate of drug-likeness (QED) is 0.423. The number of hydrogen-bond donors (Lipinski definition) is 2. The molecule has 0 aliphatic rings. The first kappa shape index (κ1) is 26.5. The SMILES string of the molecule is COC(=O)N[C@@H](CC/C=C/C(=O)N(C)C)C(=O)Nc1cccn(Cc2nc3cc(F)ccc3s2)c1=O. The molecule has 2 N–H and O–H groups in total. The van der Waals surface area contributed by atoms with Crippen LogP contribution in [0.15, 0.2) is 53.5 Å². The smallest absolute Gasteiger partial charge is 0.407 e. The fourth-order valence-corrected chi connectivity index (χ4v) is 4.15. The summed E-state index contributed by atoms with van der Waals surface area (Å²) in [6, 6.07) is 6.35. The standard InChI is InChI=1S/C24H26FN5O5S/c1-29(2)21(31)9-5-4-7-16(28-24(34)35-3)22(32)27-17-8-6-12-30(23(17)33)14-20-26-18-13-15(25)10-11-19(18)36-20/h5-6,8-13,16H,4,7,14H2,1-3H3,(H,27,32)(H,28,34)/b9-5+/t16-/m0/s1. The Kier molecular flexibility index (Phi) is 8.90. The Morgan fingerprint density at radius 3 is 2.78 bits per heavy atom. The van der Waals surface area contributed by atoms with Gasteiger partial charge in [-0.15, -0.1) is 11.3 Å². The number of nitrogens with zero attached hydrogens (tertiary/aromatic N) is 3. The second kappa shape index (κ2) is 12.1. The predicted octanol–water partition coefficient (Wildman–Crippen LogP) is 2.73. The first-order chi connectivity index (χ1) is 17.2. The van der Waals surface area contributed by atoms with Gasteiger partial charge in [-0.3, -0.25) is 14.4 Å². The lowest BCUT2D eigenvalue weighted by molar-refractivity contribution is -0.123. The third-order valence-electron chi connectivity index (χ3n) is 5.09. The maximum atomic E-state index is 13.5. The van der Waals surface area contributed by atoms with Crippen molar-refractivity contribution in [3.05, 3.63) is 69.9 Å². The number of amides is 3. The molecule has 1 aromatic carbocycles. The highest BCUT2D eigenvalue weighted by atomic mass is 32.1. The second-order valence-corrected chi connectivity index (χ2v) is 9.08. The molecule has 3 amide bonds. The van der Waals surface area contributed by atoms with Gasteiger partial charge in [0.25, 0.3) is 5.56 Å². The summed E-state index contributed by atoms with van der Waals surface area (Å²) in [6.07, 6.45) is 4.21. The molecule has 10 nitrogen and oxygen atoms in total. The van der Waals surface area contributed by atoms with Gasteiger partial charge in [0.2, 0.25) is 11.8 Å². The molecule has 2 aromatic heterocycles. The lowest BCUT2D eigenvalue weighted by Crippen LogP contribution is -2.44. The van der Waals surface area contributed by atoms with Gasteiger partial charge >= 0.3 is 6.09 Å². The molecule has 0 aliphatic carbocycles. The van der Waals surface area contributed by atoms with E-state index in [4.69, 9.17) is 0 Å². The molecule has 0 saturated heterocycles. The second-order valence-electron chi connectivity index (χ2n) is 7.96. The number of benzene rings is 1. The zero-order valence-electron chi connectivity index (χ0n) is 20.0. The third kappa shape index (κ3) is 6.98. The normalized spacial score (nSPS) is 11.9. The topological polar surface area (TPSA) is 123 Å². The van der Waals surface area contributed by atoms with Crippen LogP contribution in [0.1, 0.15) is 17.8 Å². The van der Waals surface area contributed by atoms with Gasteiger partial charge in [0.1, 0.15) is 22.6 Å². The monoisotopic (exact) mass is 515 g/mol. The summed E-state index contributed by atoms with van der Waals surface area (Å²) < 4.78 is 20.2. The Bertz CT molecular complexity index is 1350. The summed E-state index contributed by atoms with van der Waals surface area (Å²) in [5.74, 6) is -1.21. The van der Waals surface area contributed by atoms with Gasteiger partial charge in [-0.2, -0.15) is 0 Å². The van der Waals surface area contributed by atoms with E-state index in [1.54, 1.807) is 38.5 Å². The van der Waals surface area contributed by atoms with Gasteiger partial charge in [0, 0.05) is 26.4 Å². The molecule has 3 rings (SSSR count). The first-order valence-electron chi connectivity index (χ1n) is 11.0. The number of fused-ring (bicyclic) bond motifs is 1. The molecular weight excluding hydrogens is 489 g/mol. The van der Waals surface area contributed by atoms with Gasteiger partial charge in [-0.05, 0) is 43.2 Å². The lowest BCUT2D eigenvalue weighted by Gasteiger charge is -2.17. The van der Waals surface area contributed by atoms with E-state index in [1.165, 1.54) is 52.2 Å². The van der Waals surface area contributed by atoms with Crippen LogP contribution in [0, 0.1) is 5.82 Å². The van der Waals surface area contributed by atoms with E-state index >= 15 is 0 Å². The molecule has 0 bridgehead atoms. The van der Waals surface area contributed by atoms with Crippen molar-refractivity contribution in [2.75, 3.05) is 26.5 Å². The van der Waals surface area contributed by atoms with E-state index in [0.717, 1.165) is 4.70 Å². The van der Waals surface area contributed by atoms with Gasteiger partial charge in [0.05, 0.1) is 23.9 Å². The highest BCUT2D eigenvalue weighted by Gasteiger charge is 2.22. The number of thiazole rings is 1. The number of rotatable bonds is 9. The van der Waals surface area contributed by atoms with Crippen molar-refractivity contribution in [3.8, 4) is 0 Å². The molecule has 0 saturated carbocycles. The molecule has 0 fully saturated rings. The number of hydrogen-bond acceptors (Lipinski definition) is 7. The Morgan fingerprint density at radius 2 is 2.06 bits per heavy atom. The highest BCUT2D eigenvalue weighted by Crippen LogP contribution is 2.23. The number of ether oxygens (including phenoxy) is 1. The molecule has 0 aliphatic heterocycles. The van der Waals surface area contributed by atoms with Gasteiger partial charge in [-0.25, -0.2) is 14.2 Å². The molecule has 3 aromatic rings. The number of allylic oxidation sites excluding steroid dienone is 1. The van der Waals surface area contributed by atoms with Crippen LogP contribution in [0.25, 0.3) is 10.2 Å². The fraction of sp³-hybridized carbons (Fsp3) is 0.292. The molecule has 0 spiro atoms. The number of carbonyl (C=O) groups excluding carboxylic acids is 3. The van der Waals surface area contributed by atoms with Crippen LogP contribution >= 0.6 is 11.3 Å². The Hall–Kier alpha value is -4.06. The minimum absolute atomic E-state index is 0.0182. The van der Waals surface area contributed by atoms with E-state index in [1.807, 2.05) is 0 Å². The Balaban J connectivity index is 1.73. The zero-order chi connectivity index (χ0) is 26.2. The lowest BCUT2D eigenvalue weighted by atomic mass is 10.1. The van der Waals surface area contributed by atoms with Crippen LogP contribution in [0.3, 0.4) is 0 Å². The molecule has 0 unspecified atom stereocenters. The fourth-order valence-electron chi connectivity index (χ4n) is 3.20. The molecule has 2 heterocycles. The summed E-state index contributed by atoms with van der Waals surface area (Å²) in [5, 5.41) is 5.60. The summed E-state index contributed by atoms with van der Waals surface area (Å²) in [7, 11) is 4.41. The Labute approximate surface area is 210 Å². The molecule has 1 atom stereocenters. The number of anilines is 1. The van der Waals surface area contributed by atoms with Crippen LogP contribution in [-0.2, 0) is 20.9 Å². The summed E-state index contributed by atoms with van der Waals surface area (Å²) in [6.45, 7) is 0.137. The number of methoxy groups -OCH3 is 1. The summed E-state index contributed by atoms with van der Waals surface area (Å²) in [5.41, 5.74) is 0.0554. The largest absolute Gasteiger partial charge is 0.453 e. The molecule has 12 heteroatoms. The summed E-state index contributed by atoms with van der Waals surface area (Å²) in [4.78, 5) is 55.1. The molecule has 36 heavy (non-hydrogen) atoms. The van der Waals surface area contributed by atoms with Crippen LogP contribution in [0.4, 0.5) is 14.9 Å². The molecule has 190 valence electrons. The van der Waals surface area contributed by atoms with Crippen molar-refractivity contribution in [3.63, 3.8) is 0 Å². The first-order valence-corrected chi connectivity index (χ1v) is 11.8. The summed E-state index contributed by atoms with van der Waals surface area (Å²) >= 11 is 1.34. The van der Waals surface area contributed by atoms with E-state index in [-0.39, 0.29) is 24.6 Å². The third-order valence-corrected chi connectivity index (χ3v) is 6.12. The van der Waals surface area contributed by atoms with E-state index < -0.39 is 29.4 Å². The maximum absolute atomic E-state index is 13.5. The van der Waals surface area contributed by atoms with E-state index in [0.29, 0.717) is 16.9 Å². The van der Waals surface area contributed by atoms with Crippen LogP contribution < -0.4 is 16.2 Å². The van der Waals surface area contributed by atoms with Gasteiger partial charge in [-0.1, -0.05) is 6.08 Å². The van der Waals surface area contributed by atoms with Crippen molar-refractivity contribution in [1.82, 2.24) is 19.8 Å². The van der Waals surface area contributed by atoms with Gasteiger partial charge < -0.3 is 24.8 Å². The zero-order valence-corrected chi connectivity index (χ0v) is 20.8. The molecular formula is C24H26FN5O5S. The minimum Gasteiger partial charge on any atom is -0.453 e. The van der Waals surface area contributed by atoms with Crippen LogP contribution in [0.5, 0.6) is 0 Å². The van der Waals surface area contributed by atoms with Crippen molar-refractivity contribution >= 4 is 45.1 Å². The minimum atomic E-state index is -1.01. The number of nitrogens with one attached hydrogen (secondary N) is 2. The number of aromatic nitrogens is 2. The van der Waals surface area contributed by atoms with Crippen LogP contribution in [0.2, 0.25) is 0 Å². The number of alkyl carbamates (subject to hydrolysis) is 1. The van der Waals surface area contributed by atoms with Crippen molar-refractivity contribution in [1.29, 1.82) is 0 Å². The number of pyridine rings is 1. The maximum Gasteiger partial charge on any atom is 0.407 e. The average molecular weight is 516 g/mol. The van der Waals surface area contributed by atoms with E-state index in [9.17, 15) is 23.6 Å². The predicted molar refractivity (Wildman–Crippen MR) is 134 cm³/mol. The average Bonchev–Trinajstić information content (AvgIpc) is 3.24.